The summed E-state index contributed by atoms with van der Waals surface area (Å²) in [7, 11) is -5.92. The van der Waals surface area contributed by atoms with E-state index in [-0.39, 0.29) is 18.8 Å². The molecule has 3 aromatic rings. The van der Waals surface area contributed by atoms with Gasteiger partial charge >= 0.3 is 39.5 Å². The predicted molar refractivity (Wildman–Crippen MR) is 184 cm³/mol. The van der Waals surface area contributed by atoms with Crippen molar-refractivity contribution in [3.05, 3.63) is 88.5 Å². The average Bonchev–Trinajstić information content (AvgIpc) is 3.07. The topological polar surface area (TPSA) is 176 Å². The third-order valence-electron chi connectivity index (χ3n) is 8.02. The summed E-state index contributed by atoms with van der Waals surface area (Å²) in [5, 5.41) is 0. The van der Waals surface area contributed by atoms with Crippen molar-refractivity contribution in [3.8, 4) is 17.2 Å². The maximum atomic E-state index is 13.0. The first-order valence-corrected chi connectivity index (χ1v) is 18.0. The molecule has 0 saturated carbocycles. The third-order valence-corrected chi connectivity index (χ3v) is 8.99. The quantitative estimate of drug-likeness (QED) is 0.0905. The maximum Gasteiger partial charge on any atom is 0.534 e. The van der Waals surface area contributed by atoms with Crippen molar-refractivity contribution >= 4 is 34.0 Å². The fourth-order valence-electron chi connectivity index (χ4n) is 5.60. The monoisotopic (exact) mass is 796 g/mol. The molecule has 5 atom stereocenters. The fraction of sp³-hybridized carbons (Fsp3) is 0.405. The van der Waals surface area contributed by atoms with Crippen molar-refractivity contribution < 1.29 is 78.1 Å². The molecule has 4 rings (SSSR count). The van der Waals surface area contributed by atoms with Crippen molar-refractivity contribution in [1.82, 2.24) is 0 Å². The Labute approximate surface area is 314 Å². The van der Waals surface area contributed by atoms with Gasteiger partial charge in [0.25, 0.3) is 0 Å². The number of aryl methyl sites for hydroxylation is 2. The lowest BCUT2D eigenvalue weighted by Gasteiger charge is -2.44. The van der Waals surface area contributed by atoms with E-state index in [2.05, 4.69) is 4.18 Å². The lowest BCUT2D eigenvalue weighted by atomic mass is 9.95. The molecule has 3 aromatic carbocycles. The van der Waals surface area contributed by atoms with Crippen LogP contribution in [0.1, 0.15) is 55.5 Å². The Morgan fingerprint density at radius 1 is 0.745 bits per heavy atom. The molecule has 1 aliphatic heterocycles. The minimum atomic E-state index is -5.92. The van der Waals surface area contributed by atoms with E-state index in [1.54, 1.807) is 13.0 Å². The van der Waals surface area contributed by atoms with Gasteiger partial charge in [0.2, 0.25) is 12.4 Å². The number of hydrogen-bond acceptors (Lipinski definition) is 14. The van der Waals surface area contributed by atoms with Crippen molar-refractivity contribution in [1.29, 1.82) is 0 Å². The molecule has 1 saturated heterocycles. The molecular formula is C37H39F3O14S. The van der Waals surface area contributed by atoms with Gasteiger partial charge in [-0.2, -0.15) is 21.6 Å². The summed E-state index contributed by atoms with van der Waals surface area (Å²) in [6.45, 7) is 7.30. The zero-order valence-electron chi connectivity index (χ0n) is 30.5. The first kappa shape index (κ1) is 42.4. The number of benzene rings is 3. The zero-order chi connectivity index (χ0) is 40.7. The van der Waals surface area contributed by atoms with Crippen LogP contribution in [-0.4, -0.2) is 75.1 Å². The summed E-state index contributed by atoms with van der Waals surface area (Å²) in [5.74, 6) is -3.37. The second-order valence-corrected chi connectivity index (χ2v) is 14.0. The molecule has 0 aliphatic carbocycles. The van der Waals surface area contributed by atoms with Gasteiger partial charge in [-0.1, -0.05) is 36.4 Å². The molecule has 0 radical (unpaired) electrons. The number of carbonyl (C=O) groups excluding carboxylic acids is 4. The largest absolute Gasteiger partial charge is 0.534 e. The molecule has 1 fully saturated rings. The number of alkyl halides is 3. The maximum absolute atomic E-state index is 13.0. The van der Waals surface area contributed by atoms with Crippen LogP contribution in [-0.2, 0) is 66.0 Å². The summed E-state index contributed by atoms with van der Waals surface area (Å²) in [6, 6.07) is 16.0. The summed E-state index contributed by atoms with van der Waals surface area (Å²) >= 11 is 0. The molecule has 0 unspecified atom stereocenters. The van der Waals surface area contributed by atoms with Crippen LogP contribution >= 0.6 is 0 Å². The highest BCUT2D eigenvalue weighted by Crippen LogP contribution is 2.37. The van der Waals surface area contributed by atoms with Crippen LogP contribution in [0.3, 0.4) is 0 Å². The zero-order valence-corrected chi connectivity index (χ0v) is 31.4. The van der Waals surface area contributed by atoms with Gasteiger partial charge in [0.15, 0.2) is 12.2 Å². The lowest BCUT2D eigenvalue weighted by Crippen LogP contribution is -2.63. The molecule has 55 heavy (non-hydrogen) atoms. The minimum Gasteiger partial charge on any atom is -0.489 e. The number of esters is 4. The van der Waals surface area contributed by atoms with Gasteiger partial charge in [-0.3, -0.25) is 19.2 Å². The average molecular weight is 797 g/mol. The Balaban J connectivity index is 1.80. The SMILES string of the molecule is CC(=O)OC[C@H]1O[C@@H](Oc2cc(OCc3ccccc3)cc(C)c2Cc2ccc(OS(=O)(=O)C(F)(F)F)cc2C)[C@H](OC(C)=O)[C@@H](OC(C)=O)[C@@H]1OC(C)=O. The van der Waals surface area contributed by atoms with Crippen molar-refractivity contribution in [2.45, 2.75) is 90.8 Å². The molecule has 1 aliphatic rings. The van der Waals surface area contributed by atoms with Gasteiger partial charge in [-0.15, -0.1) is 0 Å². The number of halogens is 3. The van der Waals surface area contributed by atoms with Crippen LogP contribution < -0.4 is 13.7 Å². The van der Waals surface area contributed by atoms with Crippen LogP contribution in [0.2, 0.25) is 0 Å². The highest BCUT2D eigenvalue weighted by atomic mass is 32.2. The van der Waals surface area contributed by atoms with E-state index in [4.69, 9.17) is 33.2 Å². The Morgan fingerprint density at radius 3 is 1.93 bits per heavy atom. The number of hydrogen-bond donors (Lipinski definition) is 0. The van der Waals surface area contributed by atoms with E-state index in [0.29, 0.717) is 28.0 Å². The first-order chi connectivity index (χ1) is 25.7. The Hall–Kier alpha value is -5.36. The van der Waals surface area contributed by atoms with Crippen molar-refractivity contribution in [2.75, 3.05) is 6.61 Å². The first-order valence-electron chi connectivity index (χ1n) is 16.6. The second kappa shape index (κ2) is 17.9. The van der Waals surface area contributed by atoms with E-state index in [1.165, 1.54) is 19.1 Å². The van der Waals surface area contributed by atoms with Gasteiger partial charge in [-0.25, -0.2) is 0 Å². The molecule has 0 bridgehead atoms. The van der Waals surface area contributed by atoms with Crippen LogP contribution in [0.5, 0.6) is 17.2 Å². The Bertz CT molecular complexity index is 1980. The molecule has 0 N–H and O–H groups in total. The van der Waals surface area contributed by atoms with Crippen molar-refractivity contribution in [3.63, 3.8) is 0 Å². The molecule has 1 heterocycles. The van der Waals surface area contributed by atoms with Crippen molar-refractivity contribution in [2.24, 2.45) is 0 Å². The molecule has 0 amide bonds. The molecular weight excluding hydrogens is 757 g/mol. The fourth-order valence-corrected chi connectivity index (χ4v) is 6.05. The molecule has 18 heteroatoms. The van der Waals surface area contributed by atoms with Gasteiger partial charge in [0.1, 0.15) is 36.6 Å². The van der Waals surface area contributed by atoms with Crippen LogP contribution in [0.15, 0.2) is 60.7 Å². The molecule has 14 nitrogen and oxygen atoms in total. The highest BCUT2D eigenvalue weighted by Gasteiger charge is 2.53. The second-order valence-electron chi connectivity index (χ2n) is 12.4. The Morgan fingerprint density at radius 2 is 1.35 bits per heavy atom. The summed E-state index contributed by atoms with van der Waals surface area (Å²) in [4.78, 5) is 48.8. The molecule has 0 spiro atoms. The number of carbonyl (C=O) groups is 4. The summed E-state index contributed by atoms with van der Waals surface area (Å²) < 4.78 is 107. The van der Waals surface area contributed by atoms with Gasteiger partial charge in [-0.05, 0) is 54.3 Å². The van der Waals surface area contributed by atoms with Gasteiger partial charge < -0.3 is 37.3 Å². The Kier molecular flexibility index (Phi) is 13.8. The predicted octanol–water partition coefficient (Wildman–Crippen LogP) is 5.16. The summed E-state index contributed by atoms with van der Waals surface area (Å²) in [5.41, 5.74) is -2.86. The van der Waals surface area contributed by atoms with Crippen LogP contribution in [0.4, 0.5) is 13.2 Å². The smallest absolute Gasteiger partial charge is 0.489 e. The van der Waals surface area contributed by atoms with Gasteiger partial charge in [0, 0.05) is 45.7 Å². The molecule has 298 valence electrons. The highest BCUT2D eigenvalue weighted by molar-refractivity contribution is 7.88. The number of rotatable bonds is 14. The van der Waals surface area contributed by atoms with Crippen LogP contribution in [0, 0.1) is 13.8 Å². The van der Waals surface area contributed by atoms with E-state index in [1.807, 2.05) is 30.3 Å². The molecule has 0 aromatic heterocycles. The van der Waals surface area contributed by atoms with E-state index in [0.717, 1.165) is 45.4 Å². The van der Waals surface area contributed by atoms with E-state index in [9.17, 15) is 40.8 Å². The van der Waals surface area contributed by atoms with Gasteiger partial charge in [0.05, 0.1) is 0 Å². The lowest BCUT2D eigenvalue weighted by molar-refractivity contribution is -0.288. The normalized spacial score (nSPS) is 19.8. The van der Waals surface area contributed by atoms with E-state index >= 15 is 0 Å². The minimum absolute atomic E-state index is 0.0452. The standard InChI is InChI=1S/C37H39F3O14S/c1-20-14-28(54-55(45,46)37(38,39)40)13-12-27(20)16-30-21(2)15-29(48-18-26-10-8-7-9-11-26)17-31(30)52-36-35(51-25(6)44)34(50-24(5)43)33(49-23(4)42)32(53-36)19-47-22(3)41/h7-15,17,32-36H,16,18-19H2,1-6H3/t32-,33-,34+,35-,36-/m1/s1. The number of ether oxygens (including phenoxy) is 7. The summed E-state index contributed by atoms with van der Waals surface area (Å²) in [6.07, 6.45) is -7.38. The van der Waals surface area contributed by atoms with E-state index < -0.39 is 82.6 Å². The van der Waals surface area contributed by atoms with Crippen LogP contribution in [0.25, 0.3) is 0 Å². The third kappa shape index (κ3) is 11.6.